The fourth-order valence-corrected chi connectivity index (χ4v) is 4.63. The van der Waals surface area contributed by atoms with E-state index >= 15 is 8.78 Å². The number of piperidine rings is 1. The molecule has 0 saturated carbocycles. The van der Waals surface area contributed by atoms with Crippen LogP contribution < -0.4 is 10.4 Å². The number of hydrogen-bond donors (Lipinski definition) is 0. The highest BCUT2D eigenvalue weighted by Crippen LogP contribution is 2.39. The molecule has 1 fully saturated rings. The van der Waals surface area contributed by atoms with E-state index in [4.69, 9.17) is 4.74 Å². The molecule has 7 nitrogen and oxygen atoms in total. The zero-order chi connectivity index (χ0) is 23.5. The highest BCUT2D eigenvalue weighted by atomic mass is 19.3. The van der Waals surface area contributed by atoms with E-state index in [1.54, 1.807) is 30.1 Å². The van der Waals surface area contributed by atoms with Gasteiger partial charge >= 0.3 is 5.69 Å². The number of likely N-dealkylation sites (tertiary alicyclic amines) is 1. The van der Waals surface area contributed by atoms with Gasteiger partial charge in [0.05, 0.1) is 36.4 Å². The van der Waals surface area contributed by atoms with Crippen LogP contribution in [0.1, 0.15) is 12.5 Å². The van der Waals surface area contributed by atoms with E-state index in [0.717, 1.165) is 0 Å². The number of halogens is 3. The Morgan fingerprint density at radius 3 is 2.61 bits per heavy atom. The molecule has 0 amide bonds. The maximum Gasteiger partial charge on any atom is 0.329 e. The van der Waals surface area contributed by atoms with Gasteiger partial charge in [0.15, 0.2) is 0 Å². The summed E-state index contributed by atoms with van der Waals surface area (Å²) in [5, 5.41) is 0.423. The van der Waals surface area contributed by atoms with Gasteiger partial charge in [0.1, 0.15) is 11.9 Å². The molecule has 1 unspecified atom stereocenters. The number of hydrogen-bond acceptors (Lipinski definition) is 5. The number of benzene rings is 1. The van der Waals surface area contributed by atoms with Gasteiger partial charge in [-0.05, 0) is 25.6 Å². The number of ether oxygens (including phenoxy) is 1. The Labute approximate surface area is 187 Å². The predicted octanol–water partition coefficient (Wildman–Crippen LogP) is 3.61. The smallest absolute Gasteiger partial charge is 0.329 e. The molecular weight excluding hydrogens is 435 g/mol. The van der Waals surface area contributed by atoms with Crippen LogP contribution in [0.2, 0.25) is 0 Å². The number of aromatic nitrogens is 4. The average molecular weight is 457 g/mol. The normalized spacial score (nSPS) is 18.8. The van der Waals surface area contributed by atoms with E-state index in [1.807, 2.05) is 0 Å². The van der Waals surface area contributed by atoms with Crippen LogP contribution in [0, 0.1) is 5.82 Å². The van der Waals surface area contributed by atoms with Gasteiger partial charge in [-0.25, -0.2) is 22.9 Å². The molecule has 4 aromatic rings. The van der Waals surface area contributed by atoms with Gasteiger partial charge in [0, 0.05) is 48.4 Å². The first-order chi connectivity index (χ1) is 15.7. The van der Waals surface area contributed by atoms with Crippen LogP contribution in [-0.4, -0.2) is 57.2 Å². The molecule has 1 aliphatic heterocycles. The number of rotatable bonds is 3. The summed E-state index contributed by atoms with van der Waals surface area (Å²) < 4.78 is 52.7. The van der Waals surface area contributed by atoms with Crippen molar-refractivity contribution in [3.8, 4) is 17.0 Å². The zero-order valence-electron chi connectivity index (χ0n) is 18.3. The van der Waals surface area contributed by atoms with E-state index in [1.165, 1.54) is 41.8 Å². The molecule has 0 spiro atoms. The second-order valence-electron chi connectivity index (χ2n) is 8.45. The first-order valence-corrected chi connectivity index (χ1v) is 10.5. The highest BCUT2D eigenvalue weighted by molar-refractivity contribution is 6.04. The van der Waals surface area contributed by atoms with Crippen LogP contribution in [0.4, 0.5) is 13.2 Å². The minimum atomic E-state index is -3.11. The second kappa shape index (κ2) is 7.58. The van der Waals surface area contributed by atoms with Gasteiger partial charge in [-0.1, -0.05) is 0 Å². The Balaban J connectivity index is 1.80. The van der Waals surface area contributed by atoms with Gasteiger partial charge in [0.2, 0.25) is 5.88 Å². The molecule has 1 aromatic carbocycles. The van der Waals surface area contributed by atoms with Crippen molar-refractivity contribution in [1.29, 1.82) is 0 Å². The zero-order valence-corrected chi connectivity index (χ0v) is 18.3. The van der Waals surface area contributed by atoms with Crippen LogP contribution in [0.15, 0.2) is 41.5 Å². The van der Waals surface area contributed by atoms with Gasteiger partial charge in [-0.15, -0.1) is 0 Å². The topological polar surface area (TPSA) is 65.2 Å². The number of imidazole rings is 1. The lowest BCUT2D eigenvalue weighted by molar-refractivity contribution is -0.0977. The van der Waals surface area contributed by atoms with Gasteiger partial charge in [0.25, 0.3) is 5.92 Å². The van der Waals surface area contributed by atoms with E-state index in [-0.39, 0.29) is 17.5 Å². The van der Waals surface area contributed by atoms with Crippen molar-refractivity contribution in [3.63, 3.8) is 0 Å². The van der Waals surface area contributed by atoms with Gasteiger partial charge in [-0.3, -0.25) is 14.1 Å². The molecule has 0 bridgehead atoms. The standard InChI is InChI=1S/C23H22F3N5O2/c1-29-7-6-19(23(25,26)12-29)31-21-15-8-14(13-4-5-20(33-3)28-10-13)16(24)9-17(15)27-11-18(21)30(2)22(31)32/h4-5,8-11,19H,6-7,12H2,1-3H3. The SMILES string of the molecule is COc1ccc(-c2cc3c(cc2F)ncc2c3n(C3CCN(C)CC3(F)F)c(=O)n2C)cn1. The maximum absolute atomic E-state index is 15.1. The van der Waals surface area contributed by atoms with E-state index in [2.05, 4.69) is 9.97 Å². The third-order valence-electron chi connectivity index (χ3n) is 6.32. The molecule has 1 atom stereocenters. The summed E-state index contributed by atoms with van der Waals surface area (Å²) in [5.74, 6) is -3.26. The summed E-state index contributed by atoms with van der Waals surface area (Å²) in [6.45, 7) is -0.00952. The third-order valence-corrected chi connectivity index (χ3v) is 6.32. The molecule has 0 N–H and O–H groups in total. The fourth-order valence-electron chi connectivity index (χ4n) is 4.63. The largest absolute Gasteiger partial charge is 0.481 e. The molecule has 4 heterocycles. The van der Waals surface area contributed by atoms with Crippen molar-refractivity contribution in [3.05, 3.63) is 53.0 Å². The molecule has 172 valence electrons. The molecular formula is C23H22F3N5O2. The number of alkyl halides is 2. The van der Waals surface area contributed by atoms with Crippen molar-refractivity contribution in [2.45, 2.75) is 18.4 Å². The molecule has 33 heavy (non-hydrogen) atoms. The van der Waals surface area contributed by atoms with Crippen molar-refractivity contribution in [2.75, 3.05) is 27.2 Å². The monoisotopic (exact) mass is 457 g/mol. The molecule has 3 aromatic heterocycles. The van der Waals surface area contributed by atoms with Crippen molar-refractivity contribution >= 4 is 21.9 Å². The summed E-state index contributed by atoms with van der Waals surface area (Å²) in [7, 11) is 4.64. The van der Waals surface area contributed by atoms with Crippen LogP contribution in [-0.2, 0) is 7.05 Å². The highest BCUT2D eigenvalue weighted by Gasteiger charge is 2.46. The Kier molecular flexibility index (Phi) is 4.93. The third kappa shape index (κ3) is 3.36. The first-order valence-electron chi connectivity index (χ1n) is 10.5. The summed E-state index contributed by atoms with van der Waals surface area (Å²) in [6, 6.07) is 4.75. The number of fused-ring (bicyclic) bond motifs is 3. The maximum atomic E-state index is 15.1. The van der Waals surface area contributed by atoms with E-state index in [0.29, 0.717) is 34.4 Å². The van der Waals surface area contributed by atoms with Crippen LogP contribution in [0.3, 0.4) is 0 Å². The Bertz CT molecular complexity index is 1430. The summed E-state index contributed by atoms with van der Waals surface area (Å²) in [6.07, 6.45) is 3.01. The predicted molar refractivity (Wildman–Crippen MR) is 118 cm³/mol. The lowest BCUT2D eigenvalue weighted by Gasteiger charge is -2.37. The molecule has 1 aliphatic rings. The second-order valence-corrected chi connectivity index (χ2v) is 8.45. The fraction of sp³-hybridized carbons (Fsp3) is 0.348. The quantitative estimate of drug-likeness (QED) is 0.470. The minimum absolute atomic E-state index is 0.114. The molecule has 0 radical (unpaired) electrons. The Hall–Kier alpha value is -3.40. The lowest BCUT2D eigenvalue weighted by atomic mass is 9.99. The number of pyridine rings is 2. The van der Waals surface area contributed by atoms with Gasteiger partial charge in [-0.2, -0.15) is 0 Å². The molecule has 5 rings (SSSR count). The summed E-state index contributed by atoms with van der Waals surface area (Å²) in [4.78, 5) is 23.1. The molecule has 0 aliphatic carbocycles. The molecule has 1 saturated heterocycles. The lowest BCUT2D eigenvalue weighted by Crippen LogP contribution is -2.49. The summed E-state index contributed by atoms with van der Waals surface area (Å²) >= 11 is 0. The van der Waals surface area contributed by atoms with Gasteiger partial charge < -0.3 is 9.64 Å². The number of methoxy groups -OCH3 is 1. The minimum Gasteiger partial charge on any atom is -0.481 e. The first kappa shape index (κ1) is 21.4. The number of nitrogens with zero attached hydrogens (tertiary/aromatic N) is 5. The average Bonchev–Trinajstić information content (AvgIpc) is 3.03. The molecule has 10 heteroatoms. The van der Waals surface area contributed by atoms with Crippen LogP contribution >= 0.6 is 0 Å². The Morgan fingerprint density at radius 2 is 1.94 bits per heavy atom. The summed E-state index contributed by atoms with van der Waals surface area (Å²) in [5.41, 5.74) is 1.18. The van der Waals surface area contributed by atoms with Crippen molar-refractivity contribution < 1.29 is 17.9 Å². The van der Waals surface area contributed by atoms with Crippen LogP contribution in [0.5, 0.6) is 5.88 Å². The van der Waals surface area contributed by atoms with Crippen molar-refractivity contribution in [2.24, 2.45) is 7.05 Å². The number of aryl methyl sites for hydroxylation is 1. The van der Waals surface area contributed by atoms with E-state index in [9.17, 15) is 9.18 Å². The van der Waals surface area contributed by atoms with Crippen molar-refractivity contribution in [1.82, 2.24) is 24.0 Å². The van der Waals surface area contributed by atoms with Crippen LogP contribution in [0.25, 0.3) is 33.1 Å². The van der Waals surface area contributed by atoms with E-state index < -0.39 is 30.0 Å². The Morgan fingerprint density at radius 1 is 1.15 bits per heavy atom.